The number of rotatable bonds is 5. The predicted molar refractivity (Wildman–Crippen MR) is 72.6 cm³/mol. The number of carbonyl (C=O) groups is 1. The Morgan fingerprint density at radius 2 is 2.21 bits per heavy atom. The summed E-state index contributed by atoms with van der Waals surface area (Å²) in [7, 11) is 1.55. The standard InChI is InChI=1S/C13H13ClN2O3/c1-18-11-4-2-8(13(15)17)6-10(11)16-7-9-3-5-12(14)19-9/h2-6,16H,7H2,1H3,(H2,15,17). The molecule has 1 heterocycles. The minimum Gasteiger partial charge on any atom is -0.495 e. The summed E-state index contributed by atoms with van der Waals surface area (Å²) < 4.78 is 10.4. The number of nitrogens with two attached hydrogens (primary N) is 1. The minimum absolute atomic E-state index is 0.328. The number of benzene rings is 1. The molecule has 3 N–H and O–H groups in total. The largest absolute Gasteiger partial charge is 0.495 e. The first-order chi connectivity index (χ1) is 9.10. The van der Waals surface area contributed by atoms with Gasteiger partial charge in [-0.1, -0.05) is 0 Å². The summed E-state index contributed by atoms with van der Waals surface area (Å²) in [5.74, 6) is 0.797. The van der Waals surface area contributed by atoms with Crippen LogP contribution in [-0.4, -0.2) is 13.0 Å². The van der Waals surface area contributed by atoms with Crippen LogP contribution in [0.2, 0.25) is 5.22 Å². The SMILES string of the molecule is COc1ccc(C(N)=O)cc1NCc1ccc(Cl)o1. The molecule has 100 valence electrons. The molecule has 2 aromatic rings. The molecule has 0 saturated carbocycles. The topological polar surface area (TPSA) is 77.5 Å². The zero-order chi connectivity index (χ0) is 13.8. The second-order valence-electron chi connectivity index (χ2n) is 3.84. The number of anilines is 1. The second kappa shape index (κ2) is 5.67. The van der Waals surface area contributed by atoms with Gasteiger partial charge < -0.3 is 20.2 Å². The van der Waals surface area contributed by atoms with Crippen molar-refractivity contribution in [3.63, 3.8) is 0 Å². The van der Waals surface area contributed by atoms with Gasteiger partial charge in [0.25, 0.3) is 0 Å². The lowest BCUT2D eigenvalue weighted by Crippen LogP contribution is -2.11. The van der Waals surface area contributed by atoms with Gasteiger partial charge in [-0.3, -0.25) is 4.79 Å². The fourth-order valence-corrected chi connectivity index (χ4v) is 1.79. The van der Waals surface area contributed by atoms with Gasteiger partial charge in [0, 0.05) is 5.56 Å². The lowest BCUT2D eigenvalue weighted by molar-refractivity contribution is 0.100. The first-order valence-corrected chi connectivity index (χ1v) is 5.94. The van der Waals surface area contributed by atoms with Crippen LogP contribution in [-0.2, 0) is 6.54 Å². The summed E-state index contributed by atoms with van der Waals surface area (Å²) in [4.78, 5) is 11.1. The van der Waals surface area contributed by atoms with Gasteiger partial charge in [0.15, 0.2) is 5.22 Å². The van der Waals surface area contributed by atoms with Gasteiger partial charge in [0.2, 0.25) is 5.91 Å². The smallest absolute Gasteiger partial charge is 0.248 e. The van der Waals surface area contributed by atoms with E-state index in [0.717, 1.165) is 0 Å². The average molecular weight is 281 g/mol. The van der Waals surface area contributed by atoms with E-state index in [1.165, 1.54) is 0 Å². The van der Waals surface area contributed by atoms with Crippen molar-refractivity contribution >= 4 is 23.2 Å². The molecule has 0 aliphatic carbocycles. The molecule has 0 aliphatic rings. The molecule has 6 heteroatoms. The van der Waals surface area contributed by atoms with E-state index in [1.807, 2.05) is 0 Å². The minimum atomic E-state index is -0.494. The summed E-state index contributed by atoms with van der Waals surface area (Å²) in [5.41, 5.74) is 6.30. The fourth-order valence-electron chi connectivity index (χ4n) is 1.63. The summed E-state index contributed by atoms with van der Waals surface area (Å²) in [5, 5.41) is 3.43. The Labute approximate surface area is 115 Å². The van der Waals surface area contributed by atoms with Crippen molar-refractivity contribution in [1.82, 2.24) is 0 Å². The molecule has 1 aromatic carbocycles. The van der Waals surface area contributed by atoms with Crippen LogP contribution in [0.1, 0.15) is 16.1 Å². The third-order valence-electron chi connectivity index (χ3n) is 2.57. The molecule has 1 aromatic heterocycles. The monoisotopic (exact) mass is 280 g/mol. The van der Waals surface area contributed by atoms with Crippen LogP contribution in [0, 0.1) is 0 Å². The highest BCUT2D eigenvalue weighted by Gasteiger charge is 2.08. The van der Waals surface area contributed by atoms with E-state index in [-0.39, 0.29) is 0 Å². The van der Waals surface area contributed by atoms with E-state index >= 15 is 0 Å². The fraction of sp³-hybridized carbons (Fsp3) is 0.154. The van der Waals surface area contributed by atoms with Crippen LogP contribution in [0.25, 0.3) is 0 Å². The van der Waals surface area contributed by atoms with Gasteiger partial charge in [-0.2, -0.15) is 0 Å². The molecule has 0 unspecified atom stereocenters. The van der Waals surface area contributed by atoms with E-state index in [2.05, 4.69) is 5.32 Å². The van der Waals surface area contributed by atoms with Crippen molar-refractivity contribution in [3.05, 3.63) is 46.9 Å². The van der Waals surface area contributed by atoms with Crippen molar-refractivity contribution in [1.29, 1.82) is 0 Å². The molecule has 0 saturated heterocycles. The molecule has 0 atom stereocenters. The Balaban J connectivity index is 2.17. The zero-order valence-corrected chi connectivity index (χ0v) is 11.0. The number of primary amides is 1. The van der Waals surface area contributed by atoms with Crippen LogP contribution in [0.3, 0.4) is 0 Å². The Hall–Kier alpha value is -2.14. The van der Waals surface area contributed by atoms with Crippen molar-refractivity contribution < 1.29 is 13.9 Å². The van der Waals surface area contributed by atoms with Gasteiger partial charge in [0.05, 0.1) is 19.3 Å². The molecule has 0 bridgehead atoms. The summed E-state index contributed by atoms with van der Waals surface area (Å²) >= 11 is 5.69. The van der Waals surface area contributed by atoms with Crippen molar-refractivity contribution in [3.8, 4) is 5.75 Å². The number of halogens is 1. The third-order valence-corrected chi connectivity index (χ3v) is 2.77. The first kappa shape index (κ1) is 13.3. The highest BCUT2D eigenvalue weighted by atomic mass is 35.5. The van der Waals surface area contributed by atoms with Crippen molar-refractivity contribution in [2.45, 2.75) is 6.54 Å². The number of furan rings is 1. The lowest BCUT2D eigenvalue weighted by atomic mass is 10.1. The Morgan fingerprint density at radius 1 is 1.42 bits per heavy atom. The number of ether oxygens (including phenoxy) is 1. The molecular weight excluding hydrogens is 268 g/mol. The maximum absolute atomic E-state index is 11.1. The summed E-state index contributed by atoms with van der Waals surface area (Å²) in [6.07, 6.45) is 0. The quantitative estimate of drug-likeness (QED) is 0.883. The van der Waals surface area contributed by atoms with Crippen LogP contribution >= 0.6 is 11.6 Å². The molecular formula is C13H13ClN2O3. The molecule has 1 amide bonds. The molecule has 2 rings (SSSR count). The van der Waals surface area contributed by atoms with Gasteiger partial charge in [-0.05, 0) is 41.9 Å². The molecule has 5 nitrogen and oxygen atoms in total. The molecule has 0 spiro atoms. The van der Waals surface area contributed by atoms with E-state index in [9.17, 15) is 4.79 Å². The van der Waals surface area contributed by atoms with E-state index in [0.29, 0.717) is 34.5 Å². The number of hydrogen-bond donors (Lipinski definition) is 2. The first-order valence-electron chi connectivity index (χ1n) is 5.56. The van der Waals surface area contributed by atoms with Crippen LogP contribution in [0.15, 0.2) is 34.7 Å². The Morgan fingerprint density at radius 3 is 2.79 bits per heavy atom. The number of carbonyl (C=O) groups excluding carboxylic acids is 1. The van der Waals surface area contributed by atoms with E-state index < -0.39 is 5.91 Å². The molecule has 0 fully saturated rings. The highest BCUT2D eigenvalue weighted by Crippen LogP contribution is 2.26. The van der Waals surface area contributed by atoms with Gasteiger partial charge >= 0.3 is 0 Å². The second-order valence-corrected chi connectivity index (χ2v) is 4.21. The molecule has 0 radical (unpaired) electrons. The van der Waals surface area contributed by atoms with Gasteiger partial charge in [-0.25, -0.2) is 0 Å². The normalized spacial score (nSPS) is 10.2. The number of nitrogens with one attached hydrogen (secondary N) is 1. The van der Waals surface area contributed by atoms with E-state index in [4.69, 9.17) is 26.5 Å². The maximum atomic E-state index is 11.1. The molecule has 19 heavy (non-hydrogen) atoms. The van der Waals surface area contributed by atoms with Crippen LogP contribution < -0.4 is 15.8 Å². The molecule has 0 aliphatic heterocycles. The lowest BCUT2D eigenvalue weighted by Gasteiger charge is -2.11. The predicted octanol–water partition coefficient (Wildman–Crippen LogP) is 2.65. The van der Waals surface area contributed by atoms with Crippen LogP contribution in [0.4, 0.5) is 5.69 Å². The number of methoxy groups -OCH3 is 1. The summed E-state index contributed by atoms with van der Waals surface area (Å²) in [6, 6.07) is 8.34. The third kappa shape index (κ3) is 3.20. The van der Waals surface area contributed by atoms with E-state index in [1.54, 1.807) is 37.4 Å². The zero-order valence-electron chi connectivity index (χ0n) is 10.3. The maximum Gasteiger partial charge on any atom is 0.248 e. The number of hydrogen-bond acceptors (Lipinski definition) is 4. The Bertz CT molecular complexity index is 595. The van der Waals surface area contributed by atoms with Gasteiger partial charge in [0.1, 0.15) is 11.5 Å². The van der Waals surface area contributed by atoms with Crippen molar-refractivity contribution in [2.24, 2.45) is 5.73 Å². The Kier molecular flexibility index (Phi) is 3.97. The van der Waals surface area contributed by atoms with Crippen molar-refractivity contribution in [2.75, 3.05) is 12.4 Å². The average Bonchev–Trinajstić information content (AvgIpc) is 2.81. The van der Waals surface area contributed by atoms with Crippen LogP contribution in [0.5, 0.6) is 5.75 Å². The summed E-state index contributed by atoms with van der Waals surface area (Å²) in [6.45, 7) is 0.422. The van der Waals surface area contributed by atoms with Gasteiger partial charge in [-0.15, -0.1) is 0 Å². The highest BCUT2D eigenvalue weighted by molar-refractivity contribution is 6.28. The number of amides is 1.